The van der Waals surface area contributed by atoms with Crippen LogP contribution in [0.25, 0.3) is 0 Å². The van der Waals surface area contributed by atoms with Crippen LogP contribution in [0.4, 0.5) is 0 Å². The molecular formula is C29H42O7. The van der Waals surface area contributed by atoms with Crippen molar-refractivity contribution in [3.63, 3.8) is 0 Å². The van der Waals surface area contributed by atoms with Gasteiger partial charge in [0.1, 0.15) is 12.2 Å². The molecule has 0 amide bonds. The maximum absolute atomic E-state index is 13.7. The first kappa shape index (κ1) is 26.9. The number of carbonyl (C=O) groups excluding carboxylic acids is 4. The van der Waals surface area contributed by atoms with Crippen molar-refractivity contribution >= 4 is 23.7 Å². The quantitative estimate of drug-likeness (QED) is 0.380. The molecule has 0 N–H and O–H groups in total. The van der Waals surface area contributed by atoms with E-state index >= 15 is 0 Å². The summed E-state index contributed by atoms with van der Waals surface area (Å²) in [5.41, 5.74) is 0.843. The van der Waals surface area contributed by atoms with Gasteiger partial charge in [0.05, 0.1) is 7.11 Å². The van der Waals surface area contributed by atoms with E-state index in [1.807, 2.05) is 6.08 Å². The summed E-state index contributed by atoms with van der Waals surface area (Å²) in [4.78, 5) is 49.3. The van der Waals surface area contributed by atoms with Crippen molar-refractivity contribution in [1.82, 2.24) is 0 Å². The summed E-state index contributed by atoms with van der Waals surface area (Å²) in [7, 11) is 1.40. The zero-order valence-electron chi connectivity index (χ0n) is 22.6. The Morgan fingerprint density at radius 3 is 2.39 bits per heavy atom. The third-order valence-corrected chi connectivity index (χ3v) is 10.2. The van der Waals surface area contributed by atoms with Crippen molar-refractivity contribution in [3.05, 3.63) is 11.6 Å². The fourth-order valence-electron chi connectivity index (χ4n) is 8.59. The summed E-state index contributed by atoms with van der Waals surface area (Å²) >= 11 is 0. The van der Waals surface area contributed by atoms with Crippen molar-refractivity contribution in [2.45, 2.75) is 98.2 Å². The van der Waals surface area contributed by atoms with Crippen LogP contribution in [0.3, 0.4) is 0 Å². The minimum Gasteiger partial charge on any atom is -0.469 e. The van der Waals surface area contributed by atoms with Crippen LogP contribution in [0.15, 0.2) is 11.6 Å². The monoisotopic (exact) mass is 502 g/mol. The molecule has 4 aliphatic rings. The molecule has 0 spiro atoms. The Bertz CT molecular complexity index is 953. The van der Waals surface area contributed by atoms with Crippen LogP contribution in [0.5, 0.6) is 0 Å². The van der Waals surface area contributed by atoms with E-state index in [0.29, 0.717) is 19.3 Å². The smallest absolute Gasteiger partial charge is 0.305 e. The molecule has 36 heavy (non-hydrogen) atoms. The largest absolute Gasteiger partial charge is 0.469 e. The lowest BCUT2D eigenvalue weighted by Crippen LogP contribution is -2.60. The number of hydrogen-bond acceptors (Lipinski definition) is 7. The van der Waals surface area contributed by atoms with E-state index in [-0.39, 0.29) is 76.3 Å². The fourth-order valence-corrected chi connectivity index (χ4v) is 8.59. The summed E-state index contributed by atoms with van der Waals surface area (Å²) in [6, 6.07) is 0. The number of ketones is 1. The van der Waals surface area contributed by atoms with Gasteiger partial charge in [0.25, 0.3) is 0 Å². The number of allylic oxidation sites excluding steroid dienone is 2. The third-order valence-electron chi connectivity index (χ3n) is 10.2. The van der Waals surface area contributed by atoms with Gasteiger partial charge in [-0.25, -0.2) is 0 Å². The lowest BCUT2D eigenvalue weighted by molar-refractivity contribution is -0.193. The van der Waals surface area contributed by atoms with E-state index in [9.17, 15) is 19.2 Å². The standard InChI is InChI=1S/C29H42O7/c1-16(7-8-25(33)34-6)22-15-23(32)27-26-21(10-12-29(22,27)5)28(4)11-9-20(35-17(2)30)13-19(28)14-24(26)36-18(3)31/h15-16,19-21,24,26-27H,7-14H2,1-6H3/t16-,19?,20-,21?,24-,26?,27+,28?,29?/m1/s1. The maximum atomic E-state index is 13.7. The summed E-state index contributed by atoms with van der Waals surface area (Å²) in [6.07, 6.45) is 7.51. The Kier molecular flexibility index (Phi) is 7.42. The lowest BCUT2D eigenvalue weighted by Gasteiger charge is -2.62. The molecule has 7 nitrogen and oxygen atoms in total. The molecule has 0 aliphatic heterocycles. The molecule has 0 saturated heterocycles. The second-order valence-electron chi connectivity index (χ2n) is 12.2. The molecule has 4 aliphatic carbocycles. The fraction of sp³-hybridized carbons (Fsp3) is 0.793. The molecule has 0 aromatic carbocycles. The molecule has 0 radical (unpaired) electrons. The van der Waals surface area contributed by atoms with Gasteiger partial charge in [-0.05, 0) is 79.6 Å². The number of carbonyl (C=O) groups is 4. The van der Waals surface area contributed by atoms with Crippen molar-refractivity contribution < 1.29 is 33.4 Å². The van der Waals surface area contributed by atoms with Gasteiger partial charge in [-0.1, -0.05) is 26.3 Å². The summed E-state index contributed by atoms with van der Waals surface area (Å²) in [5.74, 6) is -0.285. The van der Waals surface area contributed by atoms with Crippen LogP contribution in [0.1, 0.15) is 86.0 Å². The van der Waals surface area contributed by atoms with Crippen molar-refractivity contribution in [2.24, 2.45) is 40.4 Å². The van der Waals surface area contributed by atoms with Crippen molar-refractivity contribution in [2.75, 3.05) is 7.11 Å². The topological polar surface area (TPSA) is 96.0 Å². The molecule has 5 unspecified atom stereocenters. The molecule has 9 atom stereocenters. The van der Waals surface area contributed by atoms with Gasteiger partial charge < -0.3 is 14.2 Å². The first-order chi connectivity index (χ1) is 16.9. The number of hydrogen-bond donors (Lipinski definition) is 0. The second-order valence-corrected chi connectivity index (χ2v) is 12.2. The van der Waals surface area contributed by atoms with Crippen LogP contribution in [0.2, 0.25) is 0 Å². The highest BCUT2D eigenvalue weighted by Crippen LogP contribution is 2.67. The zero-order valence-corrected chi connectivity index (χ0v) is 22.6. The third kappa shape index (κ3) is 4.63. The SMILES string of the molecule is COC(=O)CC[C@@H](C)C1=CC(=O)[C@H]2C3C(CCC12C)C1(C)CC[C@@H](OC(C)=O)CC1C[C@H]3OC(C)=O. The first-order valence-electron chi connectivity index (χ1n) is 13.6. The highest BCUT2D eigenvalue weighted by atomic mass is 16.5. The van der Waals surface area contributed by atoms with Gasteiger partial charge in [0, 0.05) is 32.1 Å². The van der Waals surface area contributed by atoms with Crippen molar-refractivity contribution in [1.29, 1.82) is 0 Å². The van der Waals surface area contributed by atoms with E-state index in [0.717, 1.165) is 37.7 Å². The van der Waals surface area contributed by atoms with E-state index in [1.54, 1.807) is 0 Å². The van der Waals surface area contributed by atoms with Gasteiger partial charge in [-0.15, -0.1) is 0 Å². The lowest BCUT2D eigenvalue weighted by atomic mass is 9.43. The Hall–Kier alpha value is -2.18. The summed E-state index contributed by atoms with van der Waals surface area (Å²) in [5, 5.41) is 0. The Labute approximate surface area is 214 Å². The highest BCUT2D eigenvalue weighted by molar-refractivity contribution is 5.97. The van der Waals surface area contributed by atoms with Crippen LogP contribution in [0, 0.1) is 40.4 Å². The summed E-state index contributed by atoms with van der Waals surface area (Å²) in [6.45, 7) is 9.55. The minimum atomic E-state index is -0.326. The number of rotatable bonds is 6. The minimum absolute atomic E-state index is 0.0127. The average Bonchev–Trinajstić information content (AvgIpc) is 3.08. The highest BCUT2D eigenvalue weighted by Gasteiger charge is 2.64. The van der Waals surface area contributed by atoms with Crippen LogP contribution < -0.4 is 0 Å². The molecule has 4 rings (SSSR count). The van der Waals surface area contributed by atoms with E-state index < -0.39 is 0 Å². The average molecular weight is 503 g/mol. The molecule has 7 heteroatoms. The van der Waals surface area contributed by atoms with Gasteiger partial charge >= 0.3 is 17.9 Å². The molecular weight excluding hydrogens is 460 g/mol. The first-order valence-corrected chi connectivity index (χ1v) is 13.6. The van der Waals surface area contributed by atoms with Gasteiger partial charge in [-0.2, -0.15) is 0 Å². The predicted molar refractivity (Wildman–Crippen MR) is 132 cm³/mol. The zero-order chi connectivity index (χ0) is 26.4. The van der Waals surface area contributed by atoms with Crippen molar-refractivity contribution in [3.8, 4) is 0 Å². The van der Waals surface area contributed by atoms with E-state index in [2.05, 4.69) is 20.8 Å². The van der Waals surface area contributed by atoms with E-state index in [4.69, 9.17) is 14.2 Å². The molecule has 0 bridgehead atoms. The van der Waals surface area contributed by atoms with Crippen LogP contribution in [-0.2, 0) is 33.4 Å². The number of esters is 3. The number of ether oxygens (including phenoxy) is 3. The number of methoxy groups -OCH3 is 1. The molecule has 3 saturated carbocycles. The predicted octanol–water partition coefficient (Wildman–Crippen LogP) is 4.81. The molecule has 200 valence electrons. The molecule has 3 fully saturated rings. The number of fused-ring (bicyclic) bond motifs is 5. The van der Waals surface area contributed by atoms with Gasteiger partial charge in [0.2, 0.25) is 0 Å². The summed E-state index contributed by atoms with van der Waals surface area (Å²) < 4.78 is 16.4. The van der Waals surface area contributed by atoms with E-state index in [1.165, 1.54) is 21.0 Å². The Balaban J connectivity index is 1.63. The molecule has 0 aromatic rings. The second kappa shape index (κ2) is 9.94. The van der Waals surface area contributed by atoms with Crippen LogP contribution >= 0.6 is 0 Å². The maximum Gasteiger partial charge on any atom is 0.305 e. The Morgan fingerprint density at radius 2 is 1.75 bits per heavy atom. The Morgan fingerprint density at radius 1 is 1.06 bits per heavy atom. The van der Waals surface area contributed by atoms with Gasteiger partial charge in [-0.3, -0.25) is 19.2 Å². The van der Waals surface area contributed by atoms with Crippen LogP contribution in [-0.4, -0.2) is 43.0 Å². The normalized spacial score (nSPS) is 40.2. The van der Waals surface area contributed by atoms with Gasteiger partial charge in [0.15, 0.2) is 5.78 Å². The molecule has 0 heterocycles. The molecule has 0 aromatic heterocycles.